The van der Waals surface area contributed by atoms with Crippen LogP contribution in [0.5, 0.6) is 0 Å². The zero-order valence-electron chi connectivity index (χ0n) is 48.5. The lowest BCUT2D eigenvalue weighted by atomic mass is 9.96. The molecule has 0 aliphatic heterocycles. The van der Waals surface area contributed by atoms with Gasteiger partial charge in [0.25, 0.3) is 0 Å². The largest absolute Gasteiger partial charge is 0.305 e. The topological polar surface area (TPSA) is 45.5 Å². The second-order valence-electron chi connectivity index (χ2n) is 23.7. The third-order valence-electron chi connectivity index (χ3n) is 17.5. The third kappa shape index (κ3) is 7.56. The summed E-state index contributed by atoms with van der Waals surface area (Å²) in [6, 6.07) is 81.7. The van der Waals surface area contributed by atoms with Crippen molar-refractivity contribution in [2.24, 2.45) is 0 Å². The molecule has 0 radical (unpaired) electrons. The first-order valence-electron chi connectivity index (χ1n) is 29.2. The molecule has 16 rings (SSSR count). The summed E-state index contributed by atoms with van der Waals surface area (Å²) in [7, 11) is 0. The molecular weight excluding hydrogens is 1020 g/mol. The monoisotopic (exact) mass is 1080 g/mol. The lowest BCUT2D eigenvalue weighted by Crippen LogP contribution is -2.16. The molecule has 0 spiro atoms. The molecule has 0 saturated carbocycles. The van der Waals surface area contributed by atoms with Gasteiger partial charge in [-0.15, -0.1) is 0 Å². The predicted molar refractivity (Wildman–Crippen MR) is 354 cm³/mol. The maximum Gasteiger partial charge on any atom is 0.165 e. The fraction of sp³-hybridized carbons (Fsp3) is 0.103. The van der Waals surface area contributed by atoms with Gasteiger partial charge in [-0.3, -0.25) is 9.13 Å². The Morgan fingerprint density at radius 1 is 0.226 bits per heavy atom. The number of nitrogens with zero attached hydrogens (tertiary/aromatic N) is 6. The molecule has 16 aromatic rings. The highest BCUT2D eigenvalue weighted by Crippen LogP contribution is 2.50. The van der Waals surface area contributed by atoms with Crippen LogP contribution in [0.4, 0.5) is 0 Å². The number of hydrogen-bond acceptors (Lipinski definition) is 2. The fourth-order valence-corrected chi connectivity index (χ4v) is 13.7. The van der Waals surface area contributed by atoms with Gasteiger partial charge in [0, 0.05) is 59.8 Å². The number of fused-ring (bicyclic) bond motifs is 12. The average molecular weight is 1080 g/mol. The van der Waals surface area contributed by atoms with E-state index in [9.17, 15) is 0 Å². The van der Waals surface area contributed by atoms with Gasteiger partial charge in [-0.05, 0) is 170 Å². The van der Waals surface area contributed by atoms with E-state index in [1.165, 1.54) is 87.6 Å². The Morgan fingerprint density at radius 3 is 0.714 bits per heavy atom. The first-order chi connectivity index (χ1) is 40.9. The molecular formula is C78H60N6. The SMILES string of the molecule is Cc1ccc2c(c1)c1cc(C)ccc1n2-c1nc(-n2c3ccc(C)cc3c3cc(C)ccc32)c(-n2c3ccc(C)cc3c3cc(C)ccc32)c(-c2cc(-c3ccccc3)nc(-c3ccccc3)c2)c1-n1c2ccc(C)cc2c2cc(C)ccc21. The van der Waals surface area contributed by atoms with Crippen LogP contribution in [0.15, 0.2) is 218 Å². The second-order valence-corrected chi connectivity index (χ2v) is 23.7. The van der Waals surface area contributed by atoms with Crippen molar-refractivity contribution in [3.05, 3.63) is 263 Å². The summed E-state index contributed by atoms with van der Waals surface area (Å²) in [5.41, 5.74) is 26.0. The lowest BCUT2D eigenvalue weighted by molar-refractivity contribution is 0.960. The van der Waals surface area contributed by atoms with Gasteiger partial charge >= 0.3 is 0 Å². The third-order valence-corrected chi connectivity index (χ3v) is 17.5. The minimum absolute atomic E-state index is 0.803. The minimum Gasteiger partial charge on any atom is -0.305 e. The Bertz CT molecular complexity index is 4880. The summed E-state index contributed by atoms with van der Waals surface area (Å²) in [4.78, 5) is 12.2. The summed E-state index contributed by atoms with van der Waals surface area (Å²) in [6.07, 6.45) is 0. The van der Waals surface area contributed by atoms with Crippen LogP contribution >= 0.6 is 0 Å². The van der Waals surface area contributed by atoms with Crippen molar-refractivity contribution >= 4 is 87.2 Å². The fourth-order valence-electron chi connectivity index (χ4n) is 13.7. The number of rotatable bonds is 7. The molecule has 0 fully saturated rings. The molecule has 0 aliphatic rings. The average Bonchev–Trinajstić information content (AvgIpc) is 1.66. The number of aromatic nitrogens is 6. The molecule has 0 aliphatic carbocycles. The summed E-state index contributed by atoms with van der Waals surface area (Å²) in [5, 5.41) is 9.46. The Labute approximate surface area is 487 Å². The molecule has 6 aromatic heterocycles. The van der Waals surface area contributed by atoms with Gasteiger partial charge in [0.2, 0.25) is 0 Å². The van der Waals surface area contributed by atoms with E-state index in [4.69, 9.17) is 9.97 Å². The van der Waals surface area contributed by atoms with E-state index in [-0.39, 0.29) is 0 Å². The first kappa shape index (κ1) is 49.5. The van der Waals surface area contributed by atoms with Crippen molar-refractivity contribution in [3.63, 3.8) is 0 Å². The van der Waals surface area contributed by atoms with Crippen molar-refractivity contribution in [3.8, 4) is 56.7 Å². The van der Waals surface area contributed by atoms with E-state index in [0.717, 1.165) is 101 Å². The van der Waals surface area contributed by atoms with Gasteiger partial charge in [-0.1, -0.05) is 154 Å². The standard InChI is InChI=1S/C78H60N6/c1-45-19-27-66-56(35-45)57-36-46(2)20-28-67(57)81(66)75-74(55-43-64(53-15-11-9-12-16-53)79-65(44-55)54-17-13-10-14-18-54)76(82-68-29-21-47(3)37-58(68)59-38-48(4)22-30-69(59)82)78(84-72-33-25-51(7)41-62(72)63-42-52(8)26-34-73(63)84)80-77(75)83-70-31-23-49(5)39-60(70)61-40-50(6)24-32-71(61)83/h9-44H,1-8H3. The van der Waals surface area contributed by atoms with Crippen LogP contribution in [-0.4, -0.2) is 28.2 Å². The maximum atomic E-state index is 6.57. The minimum atomic E-state index is 0.803. The second kappa shape index (κ2) is 18.6. The molecule has 0 atom stereocenters. The van der Waals surface area contributed by atoms with E-state index in [0.29, 0.717) is 0 Å². The molecule has 0 N–H and O–H groups in total. The summed E-state index contributed by atoms with van der Waals surface area (Å²) in [5.74, 6) is 1.61. The van der Waals surface area contributed by atoms with Gasteiger partial charge in [0.05, 0.1) is 55.5 Å². The number of aryl methyl sites for hydroxylation is 8. The van der Waals surface area contributed by atoms with E-state index < -0.39 is 0 Å². The van der Waals surface area contributed by atoms with Crippen molar-refractivity contribution < 1.29 is 0 Å². The predicted octanol–water partition coefficient (Wildman–Crippen LogP) is 20.3. The number of pyridine rings is 2. The summed E-state index contributed by atoms with van der Waals surface area (Å²) in [6.45, 7) is 17.6. The van der Waals surface area contributed by atoms with Crippen LogP contribution in [0.25, 0.3) is 144 Å². The molecule has 6 heterocycles. The Kier molecular flexibility index (Phi) is 11.0. The highest BCUT2D eigenvalue weighted by atomic mass is 15.2. The van der Waals surface area contributed by atoms with Crippen LogP contribution in [0.3, 0.4) is 0 Å². The molecule has 0 saturated heterocycles. The van der Waals surface area contributed by atoms with Crippen molar-refractivity contribution in [2.75, 3.05) is 0 Å². The molecule has 402 valence electrons. The lowest BCUT2D eigenvalue weighted by Gasteiger charge is -2.27. The molecule has 0 unspecified atom stereocenters. The quantitative estimate of drug-likeness (QED) is 0.160. The van der Waals surface area contributed by atoms with Gasteiger partial charge < -0.3 is 9.13 Å². The van der Waals surface area contributed by atoms with E-state index in [1.807, 2.05) is 0 Å². The molecule has 84 heavy (non-hydrogen) atoms. The van der Waals surface area contributed by atoms with Crippen molar-refractivity contribution in [2.45, 2.75) is 55.4 Å². The molecule has 6 heteroatoms. The van der Waals surface area contributed by atoms with E-state index in [1.54, 1.807) is 0 Å². The van der Waals surface area contributed by atoms with Gasteiger partial charge in [0.15, 0.2) is 11.6 Å². The van der Waals surface area contributed by atoms with Crippen LogP contribution in [0.2, 0.25) is 0 Å². The number of benzene rings is 10. The van der Waals surface area contributed by atoms with Crippen LogP contribution in [-0.2, 0) is 0 Å². The zero-order valence-corrected chi connectivity index (χ0v) is 48.5. The normalized spacial score (nSPS) is 12.0. The maximum absolute atomic E-state index is 6.57. The molecule has 10 aromatic carbocycles. The molecule has 0 bridgehead atoms. The number of hydrogen-bond donors (Lipinski definition) is 0. The Morgan fingerprint density at radius 2 is 0.464 bits per heavy atom. The Balaban J connectivity index is 1.25. The highest BCUT2D eigenvalue weighted by molar-refractivity contribution is 6.16. The zero-order chi connectivity index (χ0) is 56.8. The summed E-state index contributed by atoms with van der Waals surface area (Å²) < 4.78 is 10.1. The first-order valence-corrected chi connectivity index (χ1v) is 29.2. The van der Waals surface area contributed by atoms with Gasteiger partial charge in [-0.2, -0.15) is 0 Å². The summed E-state index contributed by atoms with van der Waals surface area (Å²) >= 11 is 0. The highest BCUT2D eigenvalue weighted by Gasteiger charge is 2.33. The van der Waals surface area contributed by atoms with Crippen LogP contribution in [0, 0.1) is 55.4 Å². The van der Waals surface area contributed by atoms with Gasteiger partial charge in [0.1, 0.15) is 11.4 Å². The van der Waals surface area contributed by atoms with Crippen LogP contribution < -0.4 is 0 Å². The van der Waals surface area contributed by atoms with Crippen molar-refractivity contribution in [1.82, 2.24) is 28.2 Å². The van der Waals surface area contributed by atoms with E-state index >= 15 is 0 Å². The Hall–Kier alpha value is -10.3. The van der Waals surface area contributed by atoms with Gasteiger partial charge in [-0.25, -0.2) is 9.97 Å². The molecule has 6 nitrogen and oxygen atoms in total. The van der Waals surface area contributed by atoms with Crippen LogP contribution in [0.1, 0.15) is 44.5 Å². The van der Waals surface area contributed by atoms with Crippen molar-refractivity contribution in [1.29, 1.82) is 0 Å². The molecule has 0 amide bonds. The van der Waals surface area contributed by atoms with E-state index in [2.05, 4.69) is 292 Å². The smallest absolute Gasteiger partial charge is 0.165 e.